The van der Waals surface area contributed by atoms with E-state index in [0.717, 1.165) is 40.5 Å². The van der Waals surface area contributed by atoms with Gasteiger partial charge in [-0.25, -0.2) is 5.43 Å². The Morgan fingerprint density at radius 2 is 1.84 bits per heavy atom. The van der Waals surface area contributed by atoms with E-state index in [1.165, 1.54) is 18.3 Å². The van der Waals surface area contributed by atoms with Crippen LogP contribution in [0.5, 0.6) is 5.75 Å². The number of halogens is 3. The summed E-state index contributed by atoms with van der Waals surface area (Å²) in [5.41, 5.74) is 5.57. The molecule has 5 nitrogen and oxygen atoms in total. The molecule has 3 rings (SSSR count). The molecule has 2 aromatic carbocycles. The maximum Gasteiger partial charge on any atom is 0.416 e. The van der Waals surface area contributed by atoms with Crippen molar-refractivity contribution in [3.8, 4) is 11.4 Å². The average Bonchev–Trinajstić information content (AvgIpc) is 3.02. The van der Waals surface area contributed by atoms with Gasteiger partial charge in [0.25, 0.3) is 0 Å². The lowest BCUT2D eigenvalue weighted by atomic mass is 10.1. The van der Waals surface area contributed by atoms with Crippen LogP contribution in [0.15, 0.2) is 59.7 Å². The molecule has 0 bridgehead atoms. The number of ether oxygens (including phenoxy) is 1. The van der Waals surface area contributed by atoms with Crippen molar-refractivity contribution >= 4 is 12.1 Å². The number of carbonyl (C=O) groups is 1. The molecule has 0 saturated heterocycles. The van der Waals surface area contributed by atoms with Crippen molar-refractivity contribution in [1.29, 1.82) is 0 Å². The van der Waals surface area contributed by atoms with Crippen LogP contribution >= 0.6 is 0 Å². The molecule has 3 aromatic rings. The van der Waals surface area contributed by atoms with Crippen molar-refractivity contribution in [1.82, 2.24) is 9.99 Å². The van der Waals surface area contributed by atoms with Crippen LogP contribution in [-0.2, 0) is 17.4 Å². The number of hydrazone groups is 1. The zero-order chi connectivity index (χ0) is 23.3. The summed E-state index contributed by atoms with van der Waals surface area (Å²) >= 11 is 0. The molecule has 0 aliphatic carbocycles. The number of hydrogen-bond donors (Lipinski definition) is 1. The van der Waals surface area contributed by atoms with E-state index < -0.39 is 17.6 Å². The predicted molar refractivity (Wildman–Crippen MR) is 117 cm³/mol. The molecule has 1 amide bonds. The van der Waals surface area contributed by atoms with E-state index in [4.69, 9.17) is 4.74 Å². The van der Waals surface area contributed by atoms with Crippen LogP contribution in [-0.4, -0.2) is 23.3 Å². The second kappa shape index (κ2) is 9.72. The third kappa shape index (κ3) is 5.57. The smallest absolute Gasteiger partial charge is 0.416 e. The van der Waals surface area contributed by atoms with Crippen molar-refractivity contribution in [3.63, 3.8) is 0 Å². The topological polar surface area (TPSA) is 55.6 Å². The number of hydrogen-bond acceptors (Lipinski definition) is 3. The molecule has 0 saturated carbocycles. The maximum absolute atomic E-state index is 12.8. The Bertz CT molecular complexity index is 1120. The number of aryl methyl sites for hydroxylation is 1. The van der Waals surface area contributed by atoms with Crippen molar-refractivity contribution in [2.75, 3.05) is 6.61 Å². The quantitative estimate of drug-likeness (QED) is 0.403. The molecule has 0 radical (unpaired) electrons. The van der Waals surface area contributed by atoms with Gasteiger partial charge < -0.3 is 9.30 Å². The Kier molecular flexibility index (Phi) is 7.02. The SMILES string of the molecule is CCOc1ccc(-n2c(C)cc(/C=N/NC(=O)Cc3cccc(C(F)(F)F)c3)c2C)cc1. The number of benzene rings is 2. The predicted octanol–water partition coefficient (Wildman–Crippen LogP) is 5.20. The van der Waals surface area contributed by atoms with E-state index in [0.29, 0.717) is 6.61 Å². The van der Waals surface area contributed by atoms with Crippen molar-refractivity contribution in [2.45, 2.75) is 33.4 Å². The van der Waals surface area contributed by atoms with E-state index in [1.54, 1.807) is 0 Å². The van der Waals surface area contributed by atoms with E-state index in [1.807, 2.05) is 51.1 Å². The minimum atomic E-state index is -4.45. The molecule has 168 valence electrons. The molecular weight excluding hydrogens is 419 g/mol. The largest absolute Gasteiger partial charge is 0.494 e. The molecular formula is C24H24F3N3O2. The van der Waals surface area contributed by atoms with Gasteiger partial charge in [-0.15, -0.1) is 0 Å². The Morgan fingerprint density at radius 3 is 2.50 bits per heavy atom. The Morgan fingerprint density at radius 1 is 1.12 bits per heavy atom. The van der Waals surface area contributed by atoms with E-state index in [9.17, 15) is 18.0 Å². The zero-order valence-corrected chi connectivity index (χ0v) is 18.0. The Hall–Kier alpha value is -3.55. The monoisotopic (exact) mass is 443 g/mol. The summed E-state index contributed by atoms with van der Waals surface area (Å²) < 4.78 is 46.0. The van der Waals surface area contributed by atoms with Gasteiger partial charge in [0.2, 0.25) is 5.91 Å². The lowest BCUT2D eigenvalue weighted by Crippen LogP contribution is -2.20. The number of carbonyl (C=O) groups excluding carboxylic acids is 1. The van der Waals surface area contributed by atoms with Crippen LogP contribution in [0.25, 0.3) is 5.69 Å². The maximum atomic E-state index is 12.8. The minimum Gasteiger partial charge on any atom is -0.494 e. The molecule has 1 heterocycles. The molecule has 32 heavy (non-hydrogen) atoms. The molecule has 0 unspecified atom stereocenters. The molecule has 0 atom stereocenters. The highest BCUT2D eigenvalue weighted by Gasteiger charge is 2.30. The summed E-state index contributed by atoms with van der Waals surface area (Å²) in [7, 11) is 0. The first-order valence-corrected chi connectivity index (χ1v) is 10.1. The normalized spacial score (nSPS) is 11.7. The van der Waals surface area contributed by atoms with Gasteiger partial charge in [-0.3, -0.25) is 4.79 Å². The average molecular weight is 443 g/mol. The first kappa shape index (κ1) is 23.1. The second-order valence-corrected chi connectivity index (χ2v) is 7.26. The fourth-order valence-electron chi connectivity index (χ4n) is 3.43. The lowest BCUT2D eigenvalue weighted by molar-refractivity contribution is -0.137. The fourth-order valence-corrected chi connectivity index (χ4v) is 3.43. The summed E-state index contributed by atoms with van der Waals surface area (Å²) in [6, 6.07) is 14.4. The summed E-state index contributed by atoms with van der Waals surface area (Å²) in [5.74, 6) is 0.296. The van der Waals surface area contributed by atoms with E-state index >= 15 is 0 Å². The van der Waals surface area contributed by atoms with Crippen molar-refractivity contribution in [2.24, 2.45) is 5.10 Å². The molecule has 0 fully saturated rings. The van der Waals surface area contributed by atoms with Gasteiger partial charge in [0.05, 0.1) is 24.8 Å². The Labute approximate surface area is 184 Å². The fraction of sp³-hybridized carbons (Fsp3) is 0.250. The standard InChI is InChI=1S/C24H24F3N3O2/c1-4-32-22-10-8-21(9-11-22)30-16(2)12-19(17(30)3)15-28-29-23(31)14-18-6-5-7-20(13-18)24(25,26)27/h5-13,15H,4,14H2,1-3H3,(H,29,31)/b28-15+. The van der Waals surface area contributed by atoms with Crippen LogP contribution in [0.1, 0.15) is 35.0 Å². The summed E-state index contributed by atoms with van der Waals surface area (Å²) in [6.45, 7) is 6.43. The van der Waals surface area contributed by atoms with Gasteiger partial charge in [-0.2, -0.15) is 18.3 Å². The lowest BCUT2D eigenvalue weighted by Gasteiger charge is -2.11. The van der Waals surface area contributed by atoms with Crippen molar-refractivity contribution in [3.05, 3.63) is 82.7 Å². The third-order valence-corrected chi connectivity index (χ3v) is 4.89. The van der Waals surface area contributed by atoms with Crippen LogP contribution in [0, 0.1) is 13.8 Å². The molecule has 1 N–H and O–H groups in total. The zero-order valence-electron chi connectivity index (χ0n) is 18.0. The van der Waals surface area contributed by atoms with Gasteiger partial charge in [0, 0.05) is 22.6 Å². The Balaban J connectivity index is 1.67. The summed E-state index contributed by atoms with van der Waals surface area (Å²) in [5, 5.41) is 3.98. The highest BCUT2D eigenvalue weighted by Crippen LogP contribution is 2.29. The van der Waals surface area contributed by atoms with Crippen LogP contribution in [0.3, 0.4) is 0 Å². The first-order valence-electron chi connectivity index (χ1n) is 10.1. The first-order chi connectivity index (χ1) is 15.2. The highest BCUT2D eigenvalue weighted by atomic mass is 19.4. The van der Waals surface area contributed by atoms with E-state index in [-0.39, 0.29) is 12.0 Å². The second-order valence-electron chi connectivity index (χ2n) is 7.26. The van der Waals surface area contributed by atoms with Crippen LogP contribution < -0.4 is 10.2 Å². The molecule has 0 spiro atoms. The van der Waals surface area contributed by atoms with Crippen LogP contribution in [0.4, 0.5) is 13.2 Å². The van der Waals surface area contributed by atoms with Gasteiger partial charge in [-0.1, -0.05) is 18.2 Å². The highest BCUT2D eigenvalue weighted by molar-refractivity contribution is 5.84. The molecule has 1 aromatic heterocycles. The number of aromatic nitrogens is 1. The number of alkyl halides is 3. The van der Waals surface area contributed by atoms with Gasteiger partial charge in [0.1, 0.15) is 5.75 Å². The number of amides is 1. The molecule has 8 heteroatoms. The summed E-state index contributed by atoms with van der Waals surface area (Å²) in [4.78, 5) is 12.1. The number of nitrogens with zero attached hydrogens (tertiary/aromatic N) is 2. The van der Waals surface area contributed by atoms with E-state index in [2.05, 4.69) is 15.1 Å². The van der Waals surface area contributed by atoms with Gasteiger partial charge >= 0.3 is 6.18 Å². The van der Waals surface area contributed by atoms with Crippen LogP contribution in [0.2, 0.25) is 0 Å². The van der Waals surface area contributed by atoms with Gasteiger partial charge in [-0.05, 0) is 62.7 Å². The minimum absolute atomic E-state index is 0.202. The van der Waals surface area contributed by atoms with Gasteiger partial charge in [0.15, 0.2) is 0 Å². The molecule has 0 aliphatic heterocycles. The number of nitrogens with one attached hydrogen (secondary N) is 1. The summed E-state index contributed by atoms with van der Waals surface area (Å²) in [6.07, 6.45) is -3.12. The molecule has 0 aliphatic rings. The third-order valence-electron chi connectivity index (χ3n) is 4.89. The van der Waals surface area contributed by atoms with Crippen molar-refractivity contribution < 1.29 is 22.7 Å². The number of rotatable bonds is 7.